The van der Waals surface area contributed by atoms with E-state index in [0.717, 1.165) is 10.9 Å². The van der Waals surface area contributed by atoms with Gasteiger partial charge in [0.25, 0.3) is 5.16 Å². The highest BCUT2D eigenvalue weighted by atomic mass is 32.2. The summed E-state index contributed by atoms with van der Waals surface area (Å²) < 4.78 is 65.1. The van der Waals surface area contributed by atoms with Crippen LogP contribution in [0.5, 0.6) is 0 Å². The first-order valence-corrected chi connectivity index (χ1v) is 8.19. The minimum absolute atomic E-state index is 0.00925. The van der Waals surface area contributed by atoms with E-state index in [-0.39, 0.29) is 5.69 Å². The predicted octanol–water partition coefficient (Wildman–Crippen LogP) is 2.23. The summed E-state index contributed by atoms with van der Waals surface area (Å²) in [5.74, 6) is -4.49. The maximum absolute atomic E-state index is 13.8. The van der Waals surface area contributed by atoms with Gasteiger partial charge in [0.15, 0.2) is 0 Å². The van der Waals surface area contributed by atoms with Crippen LogP contribution in [0.4, 0.5) is 13.2 Å². The van der Waals surface area contributed by atoms with Crippen LogP contribution in [0.15, 0.2) is 35.7 Å². The minimum Gasteiger partial charge on any atom is -0.270 e. The average molecular weight is 331 g/mol. The van der Waals surface area contributed by atoms with Crippen LogP contribution in [0.25, 0.3) is 5.69 Å². The van der Waals surface area contributed by atoms with E-state index >= 15 is 0 Å². The van der Waals surface area contributed by atoms with E-state index in [1.807, 2.05) is 0 Å². The van der Waals surface area contributed by atoms with Crippen LogP contribution >= 0.6 is 0 Å². The fraction of sp³-hybridized carbons (Fsp3) is 0.385. The van der Waals surface area contributed by atoms with Gasteiger partial charge < -0.3 is 0 Å². The number of sulfone groups is 1. The van der Waals surface area contributed by atoms with Crippen molar-refractivity contribution in [2.45, 2.75) is 23.9 Å². The number of rotatable bonds is 4. The number of hydrogen-bond acceptors (Lipinski definition) is 4. The highest BCUT2D eigenvalue weighted by molar-refractivity contribution is 7.91. The summed E-state index contributed by atoms with van der Waals surface area (Å²) in [5.41, 5.74) is -0.00925. The highest BCUT2D eigenvalue weighted by Crippen LogP contribution is 2.43. The highest BCUT2D eigenvalue weighted by Gasteiger charge is 2.47. The molecule has 0 saturated heterocycles. The monoisotopic (exact) mass is 331 g/mol. The lowest BCUT2D eigenvalue weighted by Gasteiger charge is -2.34. The molecule has 2 aromatic rings. The Balaban J connectivity index is 1.90. The van der Waals surface area contributed by atoms with Gasteiger partial charge in [-0.2, -0.15) is 0 Å². The first-order chi connectivity index (χ1) is 10.3. The first kappa shape index (κ1) is 15.0. The van der Waals surface area contributed by atoms with Gasteiger partial charge in [-0.25, -0.2) is 21.6 Å². The van der Waals surface area contributed by atoms with E-state index in [0.29, 0.717) is 0 Å². The van der Waals surface area contributed by atoms with E-state index in [9.17, 15) is 21.6 Å². The number of alkyl halides is 2. The van der Waals surface area contributed by atoms with Gasteiger partial charge in [-0.15, -0.1) is 10.2 Å². The molecule has 1 fully saturated rings. The van der Waals surface area contributed by atoms with Gasteiger partial charge in [0.05, 0.1) is 11.4 Å². The Morgan fingerprint density at radius 3 is 2.59 bits per heavy atom. The molecule has 9 heteroatoms. The standard InChI is InChI=1S/C13H12F3N3O2S/c14-10-3-1-2-4-11(10)19-8-17-18-12(19)22(20,21)7-9-5-13(15,16)6-9/h1-4,8-9H,5-7H2. The summed E-state index contributed by atoms with van der Waals surface area (Å²) in [6.07, 6.45) is 0.167. The molecule has 1 heterocycles. The number of para-hydroxylation sites is 1. The van der Waals surface area contributed by atoms with Crippen molar-refractivity contribution in [2.24, 2.45) is 5.92 Å². The van der Waals surface area contributed by atoms with Crippen LogP contribution in [-0.2, 0) is 9.84 Å². The van der Waals surface area contributed by atoms with Crippen LogP contribution in [0.2, 0.25) is 0 Å². The van der Waals surface area contributed by atoms with E-state index in [4.69, 9.17) is 0 Å². The lowest BCUT2D eigenvalue weighted by atomic mass is 9.83. The van der Waals surface area contributed by atoms with Crippen LogP contribution in [0.3, 0.4) is 0 Å². The molecule has 0 spiro atoms. The van der Waals surface area contributed by atoms with Gasteiger partial charge >= 0.3 is 0 Å². The second-order valence-electron chi connectivity index (χ2n) is 5.35. The maximum Gasteiger partial charge on any atom is 0.254 e. The average Bonchev–Trinajstić information content (AvgIpc) is 2.86. The van der Waals surface area contributed by atoms with Crippen molar-refractivity contribution in [3.8, 4) is 5.69 Å². The maximum atomic E-state index is 13.8. The molecule has 0 aliphatic heterocycles. The smallest absolute Gasteiger partial charge is 0.254 e. The Bertz CT molecular complexity index is 796. The molecule has 0 unspecified atom stereocenters. The fourth-order valence-corrected chi connectivity index (χ4v) is 4.16. The Labute approximate surface area is 124 Å². The second kappa shape index (κ2) is 5.08. The zero-order chi connectivity index (χ0) is 16.0. The van der Waals surface area contributed by atoms with E-state index < -0.39 is 51.2 Å². The Hall–Kier alpha value is -1.90. The molecule has 0 radical (unpaired) electrons. The third-order valence-electron chi connectivity index (χ3n) is 3.54. The Morgan fingerprint density at radius 2 is 1.95 bits per heavy atom. The molecule has 0 bridgehead atoms. The summed E-state index contributed by atoms with van der Waals surface area (Å²) in [6, 6.07) is 5.57. The van der Waals surface area contributed by atoms with Gasteiger partial charge in [-0.05, 0) is 18.1 Å². The molecule has 0 N–H and O–H groups in total. The molecule has 5 nitrogen and oxygen atoms in total. The van der Waals surface area contributed by atoms with Crippen molar-refractivity contribution < 1.29 is 21.6 Å². The van der Waals surface area contributed by atoms with E-state index in [1.54, 1.807) is 6.07 Å². The summed E-state index contributed by atoms with van der Waals surface area (Å²) in [4.78, 5) is 0. The number of hydrogen-bond donors (Lipinski definition) is 0. The summed E-state index contributed by atoms with van der Waals surface area (Å²) in [7, 11) is -3.93. The zero-order valence-electron chi connectivity index (χ0n) is 11.3. The normalized spacial score (nSPS) is 18.1. The van der Waals surface area contributed by atoms with Crippen molar-refractivity contribution in [2.75, 3.05) is 5.75 Å². The van der Waals surface area contributed by atoms with Crippen molar-refractivity contribution in [1.82, 2.24) is 14.8 Å². The molecule has 1 aromatic carbocycles. The third kappa shape index (κ3) is 2.72. The number of aromatic nitrogens is 3. The molecule has 0 amide bonds. The van der Waals surface area contributed by atoms with E-state index in [1.165, 1.54) is 18.2 Å². The quantitative estimate of drug-likeness (QED) is 0.862. The van der Waals surface area contributed by atoms with Crippen molar-refractivity contribution in [3.63, 3.8) is 0 Å². The number of halogens is 3. The van der Waals surface area contributed by atoms with Gasteiger partial charge in [0, 0.05) is 12.8 Å². The van der Waals surface area contributed by atoms with E-state index in [2.05, 4.69) is 10.2 Å². The molecule has 1 aliphatic rings. The summed E-state index contributed by atoms with van der Waals surface area (Å²) in [5, 5.41) is 6.59. The molecule has 118 valence electrons. The molecule has 3 rings (SSSR count). The van der Waals surface area contributed by atoms with Crippen LogP contribution in [-0.4, -0.2) is 34.9 Å². The SMILES string of the molecule is O=S(=O)(CC1CC(F)(F)C1)c1nncn1-c1ccccc1F. The molecule has 1 saturated carbocycles. The molecule has 22 heavy (non-hydrogen) atoms. The van der Waals surface area contributed by atoms with Crippen molar-refractivity contribution in [3.05, 3.63) is 36.4 Å². The third-order valence-corrected chi connectivity index (χ3v) is 5.28. The topological polar surface area (TPSA) is 64.8 Å². The largest absolute Gasteiger partial charge is 0.270 e. The van der Waals surface area contributed by atoms with Crippen LogP contribution < -0.4 is 0 Å². The molecular formula is C13H12F3N3O2S. The van der Waals surface area contributed by atoms with Gasteiger partial charge in [-0.3, -0.25) is 4.57 Å². The number of benzene rings is 1. The van der Waals surface area contributed by atoms with Crippen LogP contribution in [0.1, 0.15) is 12.8 Å². The lowest BCUT2D eigenvalue weighted by molar-refractivity contribution is -0.103. The lowest BCUT2D eigenvalue weighted by Crippen LogP contribution is -2.39. The molecular weight excluding hydrogens is 319 g/mol. The number of nitrogens with zero attached hydrogens (tertiary/aromatic N) is 3. The van der Waals surface area contributed by atoms with Gasteiger partial charge in [-0.1, -0.05) is 12.1 Å². The Kier molecular flexibility index (Phi) is 3.47. The predicted molar refractivity (Wildman–Crippen MR) is 71.0 cm³/mol. The fourth-order valence-electron chi connectivity index (χ4n) is 2.54. The second-order valence-corrected chi connectivity index (χ2v) is 7.27. The summed E-state index contributed by atoms with van der Waals surface area (Å²) >= 11 is 0. The zero-order valence-corrected chi connectivity index (χ0v) is 12.1. The van der Waals surface area contributed by atoms with Crippen LogP contribution in [0, 0.1) is 11.7 Å². The first-order valence-electron chi connectivity index (χ1n) is 6.54. The van der Waals surface area contributed by atoms with Crippen molar-refractivity contribution >= 4 is 9.84 Å². The molecule has 0 atom stereocenters. The minimum atomic E-state index is -3.93. The summed E-state index contributed by atoms with van der Waals surface area (Å²) in [6.45, 7) is 0. The van der Waals surface area contributed by atoms with Gasteiger partial charge in [0.2, 0.25) is 15.8 Å². The molecule has 1 aromatic heterocycles. The van der Waals surface area contributed by atoms with Gasteiger partial charge in [0.1, 0.15) is 12.1 Å². The Morgan fingerprint density at radius 1 is 1.27 bits per heavy atom. The van der Waals surface area contributed by atoms with Crippen molar-refractivity contribution in [1.29, 1.82) is 0 Å². The molecule has 1 aliphatic carbocycles.